The Morgan fingerprint density at radius 1 is 0.475 bits per heavy atom. The lowest BCUT2D eigenvalue weighted by molar-refractivity contribution is 0.0343. The second-order valence-corrected chi connectivity index (χ2v) is 17.8. The van der Waals surface area contributed by atoms with Gasteiger partial charge in [-0.1, -0.05) is 128 Å². The fraction of sp³-hybridized carbons (Fsp3) is 0.154. The zero-order chi connectivity index (χ0) is 40.3. The van der Waals surface area contributed by atoms with Gasteiger partial charge in [0.1, 0.15) is 0 Å². The first-order valence-corrected chi connectivity index (χ1v) is 21.1. The quantitative estimate of drug-likeness (QED) is 0.177. The molecule has 59 heavy (non-hydrogen) atoms. The molecule has 0 unspecified atom stereocenters. The minimum Gasteiger partial charge on any atom is -0.407 e. The van der Waals surface area contributed by atoms with E-state index in [2.05, 4.69) is 185 Å². The first kappa shape index (κ1) is 37.2. The van der Waals surface area contributed by atoms with Gasteiger partial charge in [-0.25, -0.2) is 9.97 Å². The van der Waals surface area contributed by atoms with Gasteiger partial charge >= 0.3 is 7.12 Å². The summed E-state index contributed by atoms with van der Waals surface area (Å²) in [5.41, 5.74) is 19.0. The van der Waals surface area contributed by atoms with Crippen molar-refractivity contribution in [3.05, 3.63) is 161 Å². The summed E-state index contributed by atoms with van der Waals surface area (Å²) in [5, 5.41) is 0. The van der Waals surface area contributed by atoms with Gasteiger partial charge in [-0.2, -0.15) is 0 Å². The van der Waals surface area contributed by atoms with Gasteiger partial charge in [-0.15, -0.1) is 11.3 Å². The molecule has 1 saturated heterocycles. The molecule has 0 aliphatic carbocycles. The van der Waals surface area contributed by atoms with Gasteiger partial charge in [0.25, 0.3) is 0 Å². The molecule has 5 nitrogen and oxygen atoms in total. The number of hydrogen-bond donors (Lipinski definition) is 1. The van der Waals surface area contributed by atoms with Crippen LogP contribution in [-0.2, 0) is 9.31 Å². The van der Waals surface area contributed by atoms with Gasteiger partial charge in [-0.3, -0.25) is 0 Å². The molecule has 4 aromatic carbocycles. The Morgan fingerprint density at radius 3 is 1.24 bits per heavy atom. The first-order chi connectivity index (χ1) is 28.7. The maximum atomic E-state index is 6.17. The van der Waals surface area contributed by atoms with Crippen molar-refractivity contribution in [1.82, 2.24) is 15.0 Å². The number of nitrogens with zero attached hydrogens (tertiary/aromatic N) is 2. The normalized spacial score (nSPS) is 14.6. The van der Waals surface area contributed by atoms with E-state index in [0.29, 0.717) is 13.2 Å². The van der Waals surface area contributed by atoms with Crippen LogP contribution < -0.4 is 5.46 Å². The van der Waals surface area contributed by atoms with Crippen molar-refractivity contribution < 1.29 is 9.31 Å². The van der Waals surface area contributed by atoms with Crippen LogP contribution in [0.15, 0.2) is 121 Å². The summed E-state index contributed by atoms with van der Waals surface area (Å²) < 4.78 is 14.6. The van der Waals surface area contributed by atoms with Crippen molar-refractivity contribution in [2.45, 2.75) is 34.6 Å². The maximum Gasteiger partial charge on any atom is 0.493 e. The Kier molecular flexibility index (Phi) is 9.40. The first-order valence-electron chi connectivity index (χ1n) is 20.3. The minimum atomic E-state index is -0.384. The zero-order valence-corrected chi connectivity index (χ0v) is 34.8. The van der Waals surface area contributed by atoms with E-state index < -0.39 is 0 Å². The van der Waals surface area contributed by atoms with Crippen LogP contribution in [0.3, 0.4) is 0 Å². The third-order valence-corrected chi connectivity index (χ3v) is 12.5. The number of H-pyrrole nitrogens is 1. The summed E-state index contributed by atoms with van der Waals surface area (Å²) in [5.74, 6) is 0. The van der Waals surface area contributed by atoms with Crippen LogP contribution in [0.4, 0.5) is 0 Å². The van der Waals surface area contributed by atoms with Crippen molar-refractivity contribution in [2.75, 3.05) is 13.2 Å². The Hall–Kier alpha value is -6.12. The number of benzene rings is 4. The van der Waals surface area contributed by atoms with E-state index in [-0.39, 0.29) is 12.5 Å². The predicted octanol–water partition coefficient (Wildman–Crippen LogP) is 12.8. The molecule has 3 aliphatic heterocycles. The number of aryl methyl sites for hydroxylation is 3. The van der Waals surface area contributed by atoms with Crippen molar-refractivity contribution in [3.63, 3.8) is 0 Å². The highest BCUT2D eigenvalue weighted by Gasteiger charge is 2.33. The number of nitrogens with one attached hydrogen (secondary N) is 1. The van der Waals surface area contributed by atoms with E-state index in [1.165, 1.54) is 16.7 Å². The molecule has 3 aliphatic rings. The Balaban J connectivity index is 1.29. The highest BCUT2D eigenvalue weighted by atomic mass is 32.1. The summed E-state index contributed by atoms with van der Waals surface area (Å²) in [4.78, 5) is 14.8. The summed E-state index contributed by atoms with van der Waals surface area (Å²) in [6.45, 7) is 12.0. The van der Waals surface area contributed by atoms with E-state index in [4.69, 9.17) is 19.3 Å². The van der Waals surface area contributed by atoms with Crippen LogP contribution in [-0.4, -0.2) is 35.3 Å². The molecule has 6 heterocycles. The van der Waals surface area contributed by atoms with Gasteiger partial charge in [-0.05, 0) is 97.1 Å². The molecular weight excluding hydrogens is 741 g/mol. The van der Waals surface area contributed by atoms with E-state index in [9.17, 15) is 0 Å². The molecular formula is C52H44BN3O2S. The predicted molar refractivity (Wildman–Crippen MR) is 249 cm³/mol. The zero-order valence-electron chi connectivity index (χ0n) is 34.0. The fourth-order valence-corrected chi connectivity index (χ4v) is 9.30. The number of fused-ring (bicyclic) bond motifs is 8. The monoisotopic (exact) mass is 785 g/mol. The summed E-state index contributed by atoms with van der Waals surface area (Å²) in [6, 6.07) is 43.8. The molecule has 10 rings (SSSR count). The topological polar surface area (TPSA) is 60.0 Å². The smallest absolute Gasteiger partial charge is 0.407 e. The van der Waals surface area contributed by atoms with Crippen LogP contribution in [0.2, 0.25) is 0 Å². The van der Waals surface area contributed by atoms with E-state index in [0.717, 1.165) is 93.2 Å². The molecule has 0 atom stereocenters. The van der Waals surface area contributed by atoms with Gasteiger partial charge in [0.05, 0.1) is 22.8 Å². The molecule has 0 saturated carbocycles. The maximum absolute atomic E-state index is 6.17. The van der Waals surface area contributed by atoms with Crippen molar-refractivity contribution in [3.8, 4) is 44.5 Å². The minimum absolute atomic E-state index is 0.000267. The SMILES string of the molecule is Cc1ccc(-c2c3nc(c(-c4ccc(C)cc4)c4ccc(s4)c(-c4ccc(B5OCC(C)(C)CO5)cc4)c4nc(c(-c5ccc(C)cc5)c5ccc2[nH]5)C=C4)C=C3)cc1. The molecule has 7 heteroatoms. The molecule has 3 aromatic heterocycles. The van der Waals surface area contributed by atoms with Crippen molar-refractivity contribution in [1.29, 1.82) is 0 Å². The Morgan fingerprint density at radius 2 is 0.831 bits per heavy atom. The Bertz CT molecular complexity index is 2920. The second kappa shape index (κ2) is 14.9. The van der Waals surface area contributed by atoms with E-state index >= 15 is 0 Å². The Labute approximate surface area is 349 Å². The third kappa shape index (κ3) is 7.20. The number of aromatic nitrogens is 3. The highest BCUT2D eigenvalue weighted by Crippen LogP contribution is 2.41. The fourth-order valence-electron chi connectivity index (χ4n) is 8.14. The average molecular weight is 786 g/mol. The summed E-state index contributed by atoms with van der Waals surface area (Å²) in [6.07, 6.45) is 8.68. The molecule has 0 spiro atoms. The summed E-state index contributed by atoms with van der Waals surface area (Å²) >= 11 is 1.78. The van der Waals surface area contributed by atoms with Crippen LogP contribution >= 0.6 is 11.3 Å². The molecule has 1 fully saturated rings. The molecule has 1 N–H and O–H groups in total. The van der Waals surface area contributed by atoms with Crippen LogP contribution in [0.1, 0.15) is 53.3 Å². The molecule has 288 valence electrons. The number of thiophene rings is 1. The van der Waals surface area contributed by atoms with E-state index in [1.54, 1.807) is 11.3 Å². The van der Waals surface area contributed by atoms with Gasteiger partial charge < -0.3 is 14.3 Å². The van der Waals surface area contributed by atoms with Crippen molar-refractivity contribution in [2.24, 2.45) is 5.41 Å². The summed E-state index contributed by atoms with van der Waals surface area (Å²) in [7, 11) is -0.384. The molecule has 8 bridgehead atoms. The third-order valence-electron chi connectivity index (χ3n) is 11.4. The van der Waals surface area contributed by atoms with Crippen LogP contribution in [0.5, 0.6) is 0 Å². The molecule has 7 aromatic rings. The lowest BCUT2D eigenvalue weighted by Crippen LogP contribution is -2.47. The van der Waals surface area contributed by atoms with Crippen LogP contribution in [0, 0.1) is 26.2 Å². The largest absolute Gasteiger partial charge is 0.493 e. The van der Waals surface area contributed by atoms with Gasteiger partial charge in [0.2, 0.25) is 0 Å². The van der Waals surface area contributed by atoms with Gasteiger partial charge in [0, 0.05) is 61.3 Å². The highest BCUT2D eigenvalue weighted by molar-refractivity contribution is 7.24. The van der Waals surface area contributed by atoms with Gasteiger partial charge in [0.15, 0.2) is 0 Å². The standard InChI is InChI=1S/C52H44BN3O2S/c1-32-6-12-35(13-7-32)48-40-22-23-41(54-40)49(36-14-8-33(2)9-15-36)43-25-27-45(56-43)51(38-18-20-39(21-19-38)53-57-30-52(4,5)31-58-53)47-29-28-46(59-47)50(44-26-24-42(48)55-44)37-16-10-34(3)11-17-37/h6-29,54H,30-31H2,1-5H3. The number of hydrogen-bond acceptors (Lipinski definition) is 5. The van der Waals surface area contributed by atoms with E-state index in [1.807, 2.05) is 0 Å². The number of aromatic amines is 1. The second-order valence-electron chi connectivity index (χ2n) is 16.7. The number of rotatable bonds is 5. The molecule has 0 radical (unpaired) electrons. The lowest BCUT2D eigenvalue weighted by atomic mass is 9.75. The lowest BCUT2D eigenvalue weighted by Gasteiger charge is -2.33. The van der Waals surface area contributed by atoms with Crippen LogP contribution in [0.25, 0.3) is 89.2 Å². The van der Waals surface area contributed by atoms with Crippen molar-refractivity contribution >= 4 is 68.7 Å². The molecule has 0 amide bonds. The average Bonchev–Trinajstić information content (AvgIpc) is 4.08.